The first-order valence-corrected chi connectivity index (χ1v) is 15.7. The second-order valence-corrected chi connectivity index (χ2v) is 13.3. The summed E-state index contributed by atoms with van der Waals surface area (Å²) in [6.07, 6.45) is 2.55. The average Bonchev–Trinajstić information content (AvgIpc) is 3.34. The fraction of sp³-hybridized carbons (Fsp3) is 0.500. The molecule has 3 aromatic rings. The minimum Gasteiger partial charge on any atom is -0.379 e. The van der Waals surface area contributed by atoms with Gasteiger partial charge in [-0.2, -0.15) is 4.31 Å². The van der Waals surface area contributed by atoms with E-state index in [9.17, 15) is 13.2 Å². The number of rotatable bonds is 8. The zero-order chi connectivity index (χ0) is 26.7. The van der Waals surface area contributed by atoms with Crippen LogP contribution >= 0.6 is 23.7 Å². The zero-order valence-corrected chi connectivity index (χ0v) is 25.0. The number of hydrogen-bond acceptors (Lipinski definition) is 7. The Hall–Kier alpha value is -2.08. The molecule has 8 nitrogen and oxygen atoms in total. The van der Waals surface area contributed by atoms with Gasteiger partial charge in [0.2, 0.25) is 10.0 Å². The van der Waals surface area contributed by atoms with Gasteiger partial charge in [-0.05, 0) is 74.1 Å². The summed E-state index contributed by atoms with van der Waals surface area (Å²) in [7, 11) is -3.57. The molecule has 0 unspecified atom stereocenters. The summed E-state index contributed by atoms with van der Waals surface area (Å²) in [5.41, 5.74) is 2.48. The van der Waals surface area contributed by atoms with E-state index in [0.717, 1.165) is 67.9 Å². The summed E-state index contributed by atoms with van der Waals surface area (Å²) in [6.45, 7) is 9.98. The quantitative estimate of drug-likeness (QED) is 0.373. The van der Waals surface area contributed by atoms with Crippen molar-refractivity contribution in [2.75, 3.05) is 57.4 Å². The summed E-state index contributed by atoms with van der Waals surface area (Å²) in [5.74, 6) is 0.376. The van der Waals surface area contributed by atoms with E-state index in [0.29, 0.717) is 36.2 Å². The molecule has 2 fully saturated rings. The van der Waals surface area contributed by atoms with Gasteiger partial charge < -0.3 is 4.74 Å². The summed E-state index contributed by atoms with van der Waals surface area (Å²) in [5, 5.41) is 0.664. The number of carbonyl (C=O) groups excluding carboxylic acids is 1. The molecule has 1 aromatic heterocycles. The molecule has 11 heteroatoms. The number of halogens is 1. The van der Waals surface area contributed by atoms with Crippen molar-refractivity contribution in [1.82, 2.24) is 14.2 Å². The lowest BCUT2D eigenvalue weighted by atomic mass is 10.0. The maximum atomic E-state index is 13.8. The van der Waals surface area contributed by atoms with Crippen molar-refractivity contribution >= 4 is 55.0 Å². The Morgan fingerprint density at radius 2 is 1.77 bits per heavy atom. The Balaban J connectivity index is 0.00000353. The van der Waals surface area contributed by atoms with E-state index in [1.807, 2.05) is 19.1 Å². The highest BCUT2D eigenvalue weighted by molar-refractivity contribution is 7.89. The summed E-state index contributed by atoms with van der Waals surface area (Å²) < 4.78 is 34.4. The zero-order valence-electron chi connectivity index (χ0n) is 22.5. The van der Waals surface area contributed by atoms with Crippen LogP contribution in [0, 0.1) is 12.8 Å². The van der Waals surface area contributed by atoms with Crippen LogP contribution in [-0.4, -0.2) is 81.0 Å². The smallest absolute Gasteiger partial charge is 0.260 e. The minimum absolute atomic E-state index is 0. The van der Waals surface area contributed by atoms with E-state index in [2.05, 4.69) is 17.9 Å². The predicted octanol–water partition coefficient (Wildman–Crippen LogP) is 4.82. The molecule has 2 aromatic carbocycles. The van der Waals surface area contributed by atoms with Gasteiger partial charge >= 0.3 is 0 Å². The number of carbonyl (C=O) groups is 1. The van der Waals surface area contributed by atoms with Crippen LogP contribution in [0.15, 0.2) is 47.4 Å². The molecule has 1 amide bonds. The molecule has 3 heterocycles. The fourth-order valence-electron chi connectivity index (χ4n) is 5.00. The molecule has 0 atom stereocenters. The SMILES string of the molecule is Cc1ccc2nc(N(CCCN3CCOCC3)C(=O)c3ccc(S(=O)(=O)N4CCC(C)CC4)cc3)sc2c1.Cl. The lowest BCUT2D eigenvalue weighted by Crippen LogP contribution is -2.39. The number of anilines is 1. The first kappa shape index (κ1) is 29.9. The highest BCUT2D eigenvalue weighted by atomic mass is 35.5. The Morgan fingerprint density at radius 1 is 1.08 bits per heavy atom. The molecule has 5 rings (SSSR count). The van der Waals surface area contributed by atoms with Gasteiger partial charge in [0.25, 0.3) is 5.91 Å². The number of aromatic nitrogens is 1. The lowest BCUT2D eigenvalue weighted by Gasteiger charge is -2.29. The predicted molar refractivity (Wildman–Crippen MR) is 159 cm³/mol. The number of nitrogens with zero attached hydrogens (tertiary/aromatic N) is 4. The largest absolute Gasteiger partial charge is 0.379 e. The van der Waals surface area contributed by atoms with Crippen LogP contribution in [0.5, 0.6) is 0 Å². The molecule has 2 aliphatic heterocycles. The van der Waals surface area contributed by atoms with Crippen molar-refractivity contribution in [1.29, 1.82) is 0 Å². The Bertz CT molecular complexity index is 1370. The van der Waals surface area contributed by atoms with Crippen LogP contribution in [0.1, 0.15) is 42.1 Å². The van der Waals surface area contributed by atoms with Gasteiger partial charge in [0.1, 0.15) is 0 Å². The van der Waals surface area contributed by atoms with Crippen molar-refractivity contribution in [2.24, 2.45) is 5.92 Å². The number of amides is 1. The fourth-order valence-corrected chi connectivity index (χ4v) is 7.55. The number of fused-ring (bicyclic) bond motifs is 1. The monoisotopic (exact) mass is 592 g/mol. The van der Waals surface area contributed by atoms with Crippen LogP contribution in [-0.2, 0) is 14.8 Å². The van der Waals surface area contributed by atoms with Crippen molar-refractivity contribution < 1.29 is 17.9 Å². The molecule has 0 bridgehead atoms. The van der Waals surface area contributed by atoms with E-state index in [-0.39, 0.29) is 23.2 Å². The number of ether oxygens (including phenoxy) is 1. The van der Waals surface area contributed by atoms with Crippen LogP contribution in [0.3, 0.4) is 0 Å². The highest BCUT2D eigenvalue weighted by Crippen LogP contribution is 2.31. The van der Waals surface area contributed by atoms with E-state index in [1.165, 1.54) is 11.3 Å². The van der Waals surface area contributed by atoms with Gasteiger partial charge in [-0.3, -0.25) is 14.6 Å². The van der Waals surface area contributed by atoms with Crippen molar-refractivity contribution in [3.63, 3.8) is 0 Å². The summed E-state index contributed by atoms with van der Waals surface area (Å²) in [4.78, 5) is 22.9. The van der Waals surface area contributed by atoms with Crippen LogP contribution in [0.25, 0.3) is 10.2 Å². The number of piperidine rings is 1. The lowest BCUT2D eigenvalue weighted by molar-refractivity contribution is 0.0376. The average molecular weight is 593 g/mol. The molecule has 0 saturated carbocycles. The number of sulfonamides is 1. The van der Waals surface area contributed by atoms with Crippen LogP contribution in [0.2, 0.25) is 0 Å². The van der Waals surface area contributed by atoms with Gasteiger partial charge in [-0.1, -0.05) is 24.3 Å². The molecular formula is C28H37ClN4O4S2. The first-order valence-electron chi connectivity index (χ1n) is 13.4. The number of thiazole rings is 1. The maximum Gasteiger partial charge on any atom is 0.260 e. The molecule has 0 N–H and O–H groups in total. The molecule has 0 radical (unpaired) electrons. The standard InChI is InChI=1S/C28H36N4O4S2.ClH/c1-21-10-14-31(15-11-21)38(34,35)24-7-5-23(6-8-24)27(33)32(13-3-12-30-16-18-36-19-17-30)28-29-25-9-4-22(2)20-26(25)37-28;/h4-9,20-21H,3,10-19H2,1-2H3;1H. The van der Waals surface area contributed by atoms with Gasteiger partial charge in [0.15, 0.2) is 5.13 Å². The molecular weight excluding hydrogens is 556 g/mol. The molecule has 39 heavy (non-hydrogen) atoms. The van der Waals surface area contributed by atoms with Gasteiger partial charge in [0.05, 0.1) is 28.3 Å². The highest BCUT2D eigenvalue weighted by Gasteiger charge is 2.29. The molecule has 212 valence electrons. The number of morpholine rings is 1. The van der Waals surface area contributed by atoms with Gasteiger partial charge in [-0.25, -0.2) is 13.4 Å². The second-order valence-electron chi connectivity index (χ2n) is 10.3. The third-order valence-electron chi connectivity index (χ3n) is 7.45. The second kappa shape index (κ2) is 13.1. The van der Waals surface area contributed by atoms with Gasteiger partial charge in [-0.15, -0.1) is 12.4 Å². The molecule has 2 saturated heterocycles. The summed E-state index contributed by atoms with van der Waals surface area (Å²) in [6, 6.07) is 12.5. The normalized spacial score (nSPS) is 17.7. The minimum atomic E-state index is -3.57. The first-order chi connectivity index (χ1) is 18.3. The van der Waals surface area contributed by atoms with E-state index in [1.54, 1.807) is 33.5 Å². The molecule has 0 spiro atoms. The van der Waals surface area contributed by atoms with E-state index < -0.39 is 10.0 Å². The Kier molecular flexibility index (Phi) is 10.0. The van der Waals surface area contributed by atoms with Crippen molar-refractivity contribution in [2.45, 2.75) is 38.0 Å². The third kappa shape index (κ3) is 6.99. The molecule has 2 aliphatic rings. The van der Waals surface area contributed by atoms with Crippen molar-refractivity contribution in [3.05, 3.63) is 53.6 Å². The summed E-state index contributed by atoms with van der Waals surface area (Å²) >= 11 is 1.51. The Morgan fingerprint density at radius 3 is 2.46 bits per heavy atom. The van der Waals surface area contributed by atoms with Crippen LogP contribution < -0.4 is 4.90 Å². The van der Waals surface area contributed by atoms with Crippen LogP contribution in [0.4, 0.5) is 5.13 Å². The molecule has 0 aliphatic carbocycles. The number of hydrogen-bond donors (Lipinski definition) is 0. The van der Waals surface area contributed by atoms with Crippen molar-refractivity contribution in [3.8, 4) is 0 Å². The number of aryl methyl sites for hydroxylation is 1. The van der Waals surface area contributed by atoms with E-state index in [4.69, 9.17) is 9.72 Å². The van der Waals surface area contributed by atoms with E-state index >= 15 is 0 Å². The third-order valence-corrected chi connectivity index (χ3v) is 10.4. The Labute approximate surface area is 241 Å². The maximum absolute atomic E-state index is 13.8. The van der Waals surface area contributed by atoms with Gasteiger partial charge in [0, 0.05) is 44.8 Å². The topological polar surface area (TPSA) is 83.0 Å². The number of benzene rings is 2.